The minimum atomic E-state index is -0.165. The van der Waals surface area contributed by atoms with E-state index >= 15 is 0 Å². The van der Waals surface area contributed by atoms with Crippen LogP contribution in [0.3, 0.4) is 0 Å². The first kappa shape index (κ1) is 19.4. The van der Waals surface area contributed by atoms with E-state index in [1.807, 2.05) is 6.92 Å². The summed E-state index contributed by atoms with van der Waals surface area (Å²) in [5.74, 6) is 1.29. The molecule has 0 spiro atoms. The van der Waals surface area contributed by atoms with Crippen LogP contribution in [0.2, 0.25) is 0 Å². The summed E-state index contributed by atoms with van der Waals surface area (Å²) in [6, 6.07) is 5.29. The third kappa shape index (κ3) is 3.45. The highest BCUT2D eigenvalue weighted by molar-refractivity contribution is 7.99. The Morgan fingerprint density at radius 2 is 2.10 bits per heavy atom. The standard InChI is InChI=1S/C21H21N3O4S2/c1-2-24-20(26)18-13-5-3-4-6-16(13)30-19(18)23-21(24)29-10-17(25)22-12-7-8-14-15(9-12)28-11-27-14/h7-9H,2-6,10-11H2,1H3,(H,22,25). The van der Waals surface area contributed by atoms with Gasteiger partial charge >= 0.3 is 0 Å². The first-order chi connectivity index (χ1) is 14.6. The Labute approximate surface area is 181 Å². The lowest BCUT2D eigenvalue weighted by molar-refractivity contribution is -0.113. The van der Waals surface area contributed by atoms with E-state index in [1.165, 1.54) is 28.6 Å². The van der Waals surface area contributed by atoms with Gasteiger partial charge in [-0.2, -0.15) is 0 Å². The van der Waals surface area contributed by atoms with Gasteiger partial charge in [-0.3, -0.25) is 14.2 Å². The van der Waals surface area contributed by atoms with Crippen LogP contribution in [0.25, 0.3) is 10.2 Å². The Balaban J connectivity index is 1.36. The summed E-state index contributed by atoms with van der Waals surface area (Å²) in [5, 5.41) is 4.24. The summed E-state index contributed by atoms with van der Waals surface area (Å²) in [4.78, 5) is 32.5. The number of aromatic nitrogens is 2. The highest BCUT2D eigenvalue weighted by atomic mass is 32.2. The third-order valence-corrected chi connectivity index (χ3v) is 7.51. The Kier molecular flexibility index (Phi) is 5.16. The molecular formula is C21H21N3O4S2. The molecule has 1 aliphatic carbocycles. The maximum absolute atomic E-state index is 13.1. The van der Waals surface area contributed by atoms with Gasteiger partial charge in [-0.15, -0.1) is 11.3 Å². The molecule has 0 radical (unpaired) electrons. The lowest BCUT2D eigenvalue weighted by Crippen LogP contribution is -2.24. The van der Waals surface area contributed by atoms with Gasteiger partial charge in [0.15, 0.2) is 16.7 Å². The van der Waals surface area contributed by atoms with Crippen molar-refractivity contribution in [1.29, 1.82) is 0 Å². The molecule has 0 fully saturated rings. The quantitative estimate of drug-likeness (QED) is 0.477. The highest BCUT2D eigenvalue weighted by Gasteiger charge is 2.22. The number of hydrogen-bond donors (Lipinski definition) is 1. The summed E-state index contributed by atoms with van der Waals surface area (Å²) >= 11 is 2.92. The monoisotopic (exact) mass is 443 g/mol. The zero-order valence-electron chi connectivity index (χ0n) is 16.5. The molecule has 1 aromatic carbocycles. The molecule has 1 aliphatic heterocycles. The lowest BCUT2D eigenvalue weighted by atomic mass is 9.97. The fraction of sp³-hybridized carbons (Fsp3) is 0.381. The Morgan fingerprint density at radius 1 is 1.27 bits per heavy atom. The molecular weight excluding hydrogens is 422 g/mol. The number of amides is 1. The first-order valence-corrected chi connectivity index (χ1v) is 11.8. The van der Waals surface area contributed by atoms with E-state index in [2.05, 4.69) is 5.32 Å². The van der Waals surface area contributed by atoms with Crippen LogP contribution in [-0.2, 0) is 24.2 Å². The van der Waals surface area contributed by atoms with Gasteiger partial charge < -0.3 is 14.8 Å². The number of aryl methyl sites for hydroxylation is 2. The van der Waals surface area contributed by atoms with Gasteiger partial charge in [-0.1, -0.05) is 11.8 Å². The van der Waals surface area contributed by atoms with Crippen molar-refractivity contribution in [2.75, 3.05) is 17.9 Å². The van der Waals surface area contributed by atoms with Crippen molar-refractivity contribution < 1.29 is 14.3 Å². The van der Waals surface area contributed by atoms with Crippen LogP contribution in [0.4, 0.5) is 5.69 Å². The molecule has 5 rings (SSSR count). The third-order valence-electron chi connectivity index (χ3n) is 5.34. The number of nitrogens with one attached hydrogen (secondary N) is 1. The Hall–Kier alpha value is -2.52. The predicted octanol–water partition coefficient (Wildman–Crippen LogP) is 3.82. The number of hydrogen-bond acceptors (Lipinski definition) is 7. The Morgan fingerprint density at radius 3 is 2.97 bits per heavy atom. The molecule has 9 heteroatoms. The van der Waals surface area contributed by atoms with Crippen LogP contribution in [0.5, 0.6) is 11.5 Å². The molecule has 1 N–H and O–H groups in total. The second-order valence-corrected chi connectivity index (χ2v) is 9.27. The SMILES string of the molecule is CCn1c(SCC(=O)Nc2ccc3c(c2)OCO3)nc2sc3c(c2c1=O)CCCC3. The van der Waals surface area contributed by atoms with Crippen LogP contribution >= 0.6 is 23.1 Å². The molecule has 2 aromatic heterocycles. The molecule has 3 heterocycles. The van der Waals surface area contributed by atoms with Crippen molar-refractivity contribution in [2.45, 2.75) is 44.3 Å². The van der Waals surface area contributed by atoms with Crippen molar-refractivity contribution in [3.63, 3.8) is 0 Å². The second-order valence-electron chi connectivity index (χ2n) is 7.24. The molecule has 156 valence electrons. The van der Waals surface area contributed by atoms with E-state index in [4.69, 9.17) is 14.5 Å². The Bertz CT molecular complexity index is 1200. The first-order valence-electron chi connectivity index (χ1n) is 10.0. The van der Waals surface area contributed by atoms with Crippen molar-refractivity contribution in [3.8, 4) is 11.5 Å². The number of carbonyl (C=O) groups excluding carboxylic acids is 1. The number of ether oxygens (including phenoxy) is 2. The fourth-order valence-electron chi connectivity index (χ4n) is 3.91. The zero-order chi connectivity index (χ0) is 20.7. The van der Waals surface area contributed by atoms with Crippen molar-refractivity contribution in [2.24, 2.45) is 0 Å². The molecule has 0 saturated carbocycles. The van der Waals surface area contributed by atoms with Crippen LogP contribution in [0, 0.1) is 0 Å². The summed E-state index contributed by atoms with van der Waals surface area (Å²) in [6.45, 7) is 2.65. The van der Waals surface area contributed by atoms with Crippen molar-refractivity contribution in [1.82, 2.24) is 9.55 Å². The maximum Gasteiger partial charge on any atom is 0.263 e. The largest absolute Gasteiger partial charge is 0.454 e. The molecule has 7 nitrogen and oxygen atoms in total. The topological polar surface area (TPSA) is 82.5 Å². The van der Waals surface area contributed by atoms with Crippen LogP contribution < -0.4 is 20.3 Å². The van der Waals surface area contributed by atoms with Gasteiger partial charge in [0.25, 0.3) is 5.56 Å². The normalized spacial score (nSPS) is 14.7. The fourth-order valence-corrected chi connectivity index (χ4v) is 6.08. The predicted molar refractivity (Wildman–Crippen MR) is 118 cm³/mol. The number of thiophene rings is 1. The van der Waals surface area contributed by atoms with E-state index in [0.717, 1.165) is 29.5 Å². The number of fused-ring (bicyclic) bond motifs is 4. The molecule has 0 atom stereocenters. The van der Waals surface area contributed by atoms with E-state index < -0.39 is 0 Å². The average Bonchev–Trinajstić information content (AvgIpc) is 3.36. The molecule has 0 unspecified atom stereocenters. The van der Waals surface area contributed by atoms with E-state index in [0.29, 0.717) is 28.9 Å². The van der Waals surface area contributed by atoms with E-state index in [-0.39, 0.29) is 24.0 Å². The maximum atomic E-state index is 13.1. The smallest absolute Gasteiger partial charge is 0.263 e. The van der Waals surface area contributed by atoms with Crippen molar-refractivity contribution in [3.05, 3.63) is 39.0 Å². The summed E-state index contributed by atoms with van der Waals surface area (Å²) in [5.41, 5.74) is 1.85. The molecule has 2 aliphatic rings. The summed E-state index contributed by atoms with van der Waals surface area (Å²) in [6.07, 6.45) is 4.28. The van der Waals surface area contributed by atoms with Gasteiger partial charge in [0.1, 0.15) is 4.83 Å². The molecule has 3 aromatic rings. The number of thioether (sulfide) groups is 1. The number of benzene rings is 1. The lowest BCUT2D eigenvalue weighted by Gasteiger charge is -2.12. The second kappa shape index (κ2) is 7.96. The number of rotatable bonds is 5. The van der Waals surface area contributed by atoms with Gasteiger partial charge in [-0.25, -0.2) is 4.98 Å². The molecule has 30 heavy (non-hydrogen) atoms. The van der Waals surface area contributed by atoms with Crippen LogP contribution in [-0.4, -0.2) is 28.0 Å². The number of carbonyl (C=O) groups is 1. The zero-order valence-corrected chi connectivity index (χ0v) is 18.2. The highest BCUT2D eigenvalue weighted by Crippen LogP contribution is 2.35. The molecule has 0 saturated heterocycles. The number of anilines is 1. The number of nitrogens with zero attached hydrogens (tertiary/aromatic N) is 2. The van der Waals surface area contributed by atoms with Gasteiger partial charge in [0.2, 0.25) is 12.7 Å². The van der Waals surface area contributed by atoms with E-state index in [1.54, 1.807) is 34.1 Å². The van der Waals surface area contributed by atoms with Crippen molar-refractivity contribution >= 4 is 44.9 Å². The minimum Gasteiger partial charge on any atom is -0.454 e. The van der Waals surface area contributed by atoms with Crippen LogP contribution in [0.1, 0.15) is 30.2 Å². The minimum absolute atomic E-state index is 0.0144. The summed E-state index contributed by atoms with van der Waals surface area (Å²) < 4.78 is 12.3. The average molecular weight is 444 g/mol. The van der Waals surface area contributed by atoms with Gasteiger partial charge in [0.05, 0.1) is 11.1 Å². The summed E-state index contributed by atoms with van der Waals surface area (Å²) in [7, 11) is 0. The van der Waals surface area contributed by atoms with Gasteiger partial charge in [0, 0.05) is 23.2 Å². The van der Waals surface area contributed by atoms with Gasteiger partial charge in [-0.05, 0) is 50.3 Å². The van der Waals surface area contributed by atoms with E-state index in [9.17, 15) is 9.59 Å². The molecule has 0 bridgehead atoms. The van der Waals surface area contributed by atoms with Crippen LogP contribution in [0.15, 0.2) is 28.2 Å². The molecule has 1 amide bonds.